The second kappa shape index (κ2) is 12.4. The quantitative estimate of drug-likeness (QED) is 0.930. The average Bonchev–Trinajstić information content (AvgIpc) is 2.54. The third-order valence-electron chi connectivity index (χ3n) is 2.81. The number of amides is 1. The number of anilines is 1. The lowest BCUT2D eigenvalue weighted by molar-refractivity contribution is -0.118. The van der Waals surface area contributed by atoms with Gasteiger partial charge >= 0.3 is 0 Å². The summed E-state index contributed by atoms with van der Waals surface area (Å²) in [6.07, 6.45) is 0. The molecule has 0 aromatic heterocycles. The molecule has 0 saturated carbocycles. The number of carbonyl (C=O) groups is 1. The number of nitrogens with zero attached hydrogens (tertiary/aromatic N) is 1. The summed E-state index contributed by atoms with van der Waals surface area (Å²) in [6.45, 7) is 13.6. The van der Waals surface area contributed by atoms with Gasteiger partial charge in [-0.1, -0.05) is 45.4 Å². The fraction of sp³-hybridized carbons (Fsp3) is 0.588. The van der Waals surface area contributed by atoms with Crippen LogP contribution >= 0.6 is 0 Å². The highest BCUT2D eigenvalue weighted by Gasteiger charge is 2.13. The summed E-state index contributed by atoms with van der Waals surface area (Å²) in [4.78, 5) is 13.9. The van der Waals surface area contributed by atoms with Crippen LogP contribution in [0.1, 0.15) is 33.3 Å². The van der Waals surface area contributed by atoms with E-state index in [2.05, 4.69) is 10.2 Å². The highest BCUT2D eigenvalue weighted by Crippen LogP contribution is 2.08. The van der Waals surface area contributed by atoms with Crippen molar-refractivity contribution in [3.63, 3.8) is 0 Å². The van der Waals surface area contributed by atoms with E-state index in [1.807, 2.05) is 58.9 Å². The van der Waals surface area contributed by atoms with Crippen LogP contribution in [0.2, 0.25) is 0 Å². The minimum atomic E-state index is 0.0377. The zero-order valence-corrected chi connectivity index (χ0v) is 14.1. The zero-order valence-electron chi connectivity index (χ0n) is 14.1. The highest BCUT2D eigenvalue weighted by molar-refractivity contribution is 5.92. The van der Waals surface area contributed by atoms with Crippen LogP contribution in [0.15, 0.2) is 24.3 Å². The van der Waals surface area contributed by atoms with Crippen molar-refractivity contribution in [2.24, 2.45) is 0 Å². The van der Waals surface area contributed by atoms with E-state index < -0.39 is 0 Å². The minimum Gasteiger partial charge on any atom is -0.379 e. The van der Waals surface area contributed by atoms with Gasteiger partial charge in [-0.2, -0.15) is 0 Å². The van der Waals surface area contributed by atoms with Gasteiger partial charge in [0.25, 0.3) is 0 Å². The van der Waals surface area contributed by atoms with Crippen LogP contribution in [0, 0.1) is 6.92 Å². The van der Waals surface area contributed by atoms with Gasteiger partial charge in [-0.25, -0.2) is 0 Å². The van der Waals surface area contributed by atoms with Gasteiger partial charge in [-0.05, 0) is 19.1 Å². The van der Waals surface area contributed by atoms with Gasteiger partial charge in [0.1, 0.15) is 0 Å². The molecule has 0 unspecified atom stereocenters. The van der Waals surface area contributed by atoms with Crippen LogP contribution in [0.4, 0.5) is 5.69 Å². The molecule has 1 saturated heterocycles. The van der Waals surface area contributed by atoms with Crippen molar-refractivity contribution in [1.29, 1.82) is 0 Å². The Bertz CT molecular complexity index is 371. The summed E-state index contributed by atoms with van der Waals surface area (Å²) >= 11 is 0. The van der Waals surface area contributed by atoms with Crippen molar-refractivity contribution in [2.45, 2.75) is 34.6 Å². The van der Waals surface area contributed by atoms with Crippen molar-refractivity contribution >= 4 is 11.6 Å². The number of hydrogen-bond donors (Lipinski definition) is 1. The first kappa shape index (κ1) is 19.6. The van der Waals surface area contributed by atoms with Crippen molar-refractivity contribution in [3.05, 3.63) is 29.8 Å². The Kier molecular flexibility index (Phi) is 11.5. The Morgan fingerprint density at radius 1 is 1.10 bits per heavy atom. The standard InChI is InChI=1S/C13H18N2O2.2C2H6/c1-11-2-4-12(5-3-11)14-13(16)10-15-6-8-17-9-7-15;2*1-2/h2-5H,6-10H2,1H3,(H,14,16);2*1-2H3. The van der Waals surface area contributed by atoms with Crippen LogP contribution in [0.3, 0.4) is 0 Å². The van der Waals surface area contributed by atoms with Crippen molar-refractivity contribution in [1.82, 2.24) is 4.90 Å². The Hall–Kier alpha value is -1.39. The lowest BCUT2D eigenvalue weighted by atomic mass is 10.2. The largest absolute Gasteiger partial charge is 0.379 e. The van der Waals surface area contributed by atoms with Gasteiger partial charge < -0.3 is 10.1 Å². The first-order valence-corrected chi connectivity index (χ1v) is 7.91. The van der Waals surface area contributed by atoms with E-state index in [0.29, 0.717) is 6.54 Å². The number of aryl methyl sites for hydroxylation is 1. The summed E-state index contributed by atoms with van der Waals surface area (Å²) in [6, 6.07) is 7.83. The molecule has 120 valence electrons. The summed E-state index contributed by atoms with van der Waals surface area (Å²) < 4.78 is 5.24. The average molecular weight is 294 g/mol. The fourth-order valence-corrected chi connectivity index (χ4v) is 1.80. The Labute approximate surface area is 129 Å². The van der Waals surface area contributed by atoms with Crippen LogP contribution in [-0.2, 0) is 9.53 Å². The van der Waals surface area contributed by atoms with Crippen LogP contribution < -0.4 is 5.32 Å². The number of ether oxygens (including phenoxy) is 1. The first-order valence-electron chi connectivity index (χ1n) is 7.91. The molecule has 0 spiro atoms. The second-order valence-electron chi connectivity index (χ2n) is 4.30. The number of hydrogen-bond acceptors (Lipinski definition) is 3. The van der Waals surface area contributed by atoms with Gasteiger partial charge in [0.05, 0.1) is 19.8 Å². The maximum absolute atomic E-state index is 11.8. The van der Waals surface area contributed by atoms with E-state index >= 15 is 0 Å². The van der Waals surface area contributed by atoms with Crippen LogP contribution in [0.25, 0.3) is 0 Å². The Morgan fingerprint density at radius 2 is 1.62 bits per heavy atom. The van der Waals surface area contributed by atoms with Crippen molar-refractivity contribution < 1.29 is 9.53 Å². The monoisotopic (exact) mass is 294 g/mol. The first-order chi connectivity index (χ1) is 10.2. The smallest absolute Gasteiger partial charge is 0.238 e. The topological polar surface area (TPSA) is 41.6 Å². The van der Waals surface area contributed by atoms with E-state index in [4.69, 9.17) is 4.74 Å². The normalized spacial score (nSPS) is 14.1. The molecular formula is C17H30N2O2. The van der Waals surface area contributed by atoms with E-state index in [0.717, 1.165) is 32.0 Å². The van der Waals surface area contributed by atoms with E-state index in [1.165, 1.54) is 5.56 Å². The summed E-state index contributed by atoms with van der Waals surface area (Å²) in [5, 5.41) is 2.90. The molecular weight excluding hydrogens is 264 g/mol. The molecule has 0 atom stereocenters. The van der Waals surface area contributed by atoms with Gasteiger partial charge in [0, 0.05) is 18.8 Å². The van der Waals surface area contributed by atoms with Gasteiger partial charge in [0.2, 0.25) is 5.91 Å². The molecule has 0 bridgehead atoms. The van der Waals surface area contributed by atoms with Gasteiger partial charge in [-0.15, -0.1) is 0 Å². The molecule has 4 nitrogen and oxygen atoms in total. The molecule has 4 heteroatoms. The SMILES string of the molecule is CC.CC.Cc1ccc(NC(=O)CN2CCOCC2)cc1. The van der Waals surface area contributed by atoms with Crippen molar-refractivity contribution in [3.8, 4) is 0 Å². The maximum atomic E-state index is 11.8. The molecule has 1 aromatic carbocycles. The lowest BCUT2D eigenvalue weighted by Gasteiger charge is -2.25. The molecule has 1 N–H and O–H groups in total. The van der Waals surface area contributed by atoms with Gasteiger partial charge in [0.15, 0.2) is 0 Å². The number of morpholine rings is 1. The molecule has 0 radical (unpaired) electrons. The Balaban J connectivity index is 0.000000921. The van der Waals surface area contributed by atoms with Gasteiger partial charge in [-0.3, -0.25) is 9.69 Å². The third-order valence-corrected chi connectivity index (χ3v) is 2.81. The van der Waals surface area contributed by atoms with Crippen LogP contribution in [-0.4, -0.2) is 43.7 Å². The molecule has 1 amide bonds. The second-order valence-corrected chi connectivity index (χ2v) is 4.30. The number of benzene rings is 1. The number of rotatable bonds is 3. The molecule has 1 aromatic rings. The number of nitrogens with one attached hydrogen (secondary N) is 1. The molecule has 1 aliphatic rings. The lowest BCUT2D eigenvalue weighted by Crippen LogP contribution is -2.41. The third kappa shape index (κ3) is 8.48. The zero-order chi connectivity index (χ0) is 16.1. The van der Waals surface area contributed by atoms with E-state index in [-0.39, 0.29) is 5.91 Å². The maximum Gasteiger partial charge on any atom is 0.238 e. The predicted molar refractivity (Wildman–Crippen MR) is 89.8 cm³/mol. The highest BCUT2D eigenvalue weighted by atomic mass is 16.5. The molecule has 21 heavy (non-hydrogen) atoms. The molecule has 1 heterocycles. The molecule has 2 rings (SSSR count). The number of carbonyl (C=O) groups excluding carboxylic acids is 1. The molecule has 1 fully saturated rings. The summed E-state index contributed by atoms with van der Waals surface area (Å²) in [7, 11) is 0. The Morgan fingerprint density at radius 3 is 2.14 bits per heavy atom. The minimum absolute atomic E-state index is 0.0377. The van der Waals surface area contributed by atoms with E-state index in [9.17, 15) is 4.79 Å². The fourth-order valence-electron chi connectivity index (χ4n) is 1.80. The summed E-state index contributed by atoms with van der Waals surface area (Å²) in [5.74, 6) is 0.0377. The molecule has 0 aliphatic carbocycles. The molecule has 1 aliphatic heterocycles. The summed E-state index contributed by atoms with van der Waals surface area (Å²) in [5.41, 5.74) is 2.05. The van der Waals surface area contributed by atoms with Crippen LogP contribution in [0.5, 0.6) is 0 Å². The predicted octanol–water partition coefficient (Wildman–Crippen LogP) is 3.32. The van der Waals surface area contributed by atoms with Crippen molar-refractivity contribution in [2.75, 3.05) is 38.2 Å². The van der Waals surface area contributed by atoms with E-state index in [1.54, 1.807) is 0 Å².